The summed E-state index contributed by atoms with van der Waals surface area (Å²) in [6.45, 7) is 0. The normalized spacial score (nSPS) is 21.7. The van der Waals surface area contributed by atoms with Crippen LogP contribution in [0.25, 0.3) is 5.70 Å². The molecule has 0 aliphatic carbocycles. The van der Waals surface area contributed by atoms with E-state index >= 15 is 0 Å². The summed E-state index contributed by atoms with van der Waals surface area (Å²) in [5.41, 5.74) is 2.30. The van der Waals surface area contributed by atoms with E-state index in [4.69, 9.17) is 7.85 Å². The number of nitrogens with one attached hydrogen (secondary N) is 1. The summed E-state index contributed by atoms with van der Waals surface area (Å²) in [5, 5.41) is 16.4. The summed E-state index contributed by atoms with van der Waals surface area (Å²) in [6, 6.07) is 1.89. The van der Waals surface area contributed by atoms with Crippen LogP contribution in [0.3, 0.4) is 0 Å². The van der Waals surface area contributed by atoms with Crippen LogP contribution in [0, 0.1) is 0 Å². The first-order valence-electron chi connectivity index (χ1n) is 5.37. The SMILES string of the molecule is [B]C1=CC=CN2C(C(=O)O)=C(c3ccsc3)NC12. The molecule has 18 heavy (non-hydrogen) atoms. The van der Waals surface area contributed by atoms with Gasteiger partial charge in [0, 0.05) is 17.1 Å². The molecule has 88 valence electrons. The predicted octanol–water partition coefficient (Wildman–Crippen LogP) is 1.31. The zero-order valence-corrected chi connectivity index (χ0v) is 10.1. The molecule has 1 unspecified atom stereocenters. The van der Waals surface area contributed by atoms with Gasteiger partial charge in [-0.25, -0.2) is 4.79 Å². The third-order valence-electron chi connectivity index (χ3n) is 2.92. The summed E-state index contributed by atoms with van der Waals surface area (Å²) in [6.07, 6.45) is 4.92. The van der Waals surface area contributed by atoms with Crippen molar-refractivity contribution in [2.45, 2.75) is 6.17 Å². The number of carboxylic acids is 1. The maximum Gasteiger partial charge on any atom is 0.354 e. The Labute approximate surface area is 109 Å². The van der Waals surface area contributed by atoms with E-state index in [1.807, 2.05) is 16.8 Å². The monoisotopic (exact) mass is 256 g/mol. The number of carbonyl (C=O) groups is 1. The van der Waals surface area contributed by atoms with Gasteiger partial charge in [-0.1, -0.05) is 11.5 Å². The molecule has 2 N–H and O–H groups in total. The molecule has 0 aromatic carbocycles. The van der Waals surface area contributed by atoms with Gasteiger partial charge in [-0.3, -0.25) is 0 Å². The van der Waals surface area contributed by atoms with E-state index in [1.165, 1.54) is 11.3 Å². The third kappa shape index (κ3) is 1.57. The van der Waals surface area contributed by atoms with Gasteiger partial charge < -0.3 is 15.3 Å². The number of aliphatic carboxylic acids is 1. The Bertz CT molecular complexity index is 589. The second-order valence-corrected chi connectivity index (χ2v) is 4.78. The molecule has 2 aliphatic rings. The zero-order chi connectivity index (χ0) is 12.7. The number of allylic oxidation sites excluding steroid dienone is 2. The lowest BCUT2D eigenvalue weighted by molar-refractivity contribution is -0.134. The molecule has 2 aliphatic heterocycles. The Kier molecular flexibility index (Phi) is 2.52. The Morgan fingerprint density at radius 2 is 2.39 bits per heavy atom. The summed E-state index contributed by atoms with van der Waals surface area (Å²) < 4.78 is 0. The number of thiophene rings is 1. The summed E-state index contributed by atoms with van der Waals surface area (Å²) in [5.74, 6) is -0.967. The second-order valence-electron chi connectivity index (χ2n) is 4.00. The van der Waals surface area contributed by atoms with E-state index in [0.717, 1.165) is 5.56 Å². The van der Waals surface area contributed by atoms with Gasteiger partial charge in [0.05, 0.1) is 5.70 Å². The fraction of sp³-hybridized carbons (Fsp3) is 0.0833. The second kappa shape index (κ2) is 4.06. The highest BCUT2D eigenvalue weighted by Gasteiger charge is 2.36. The minimum absolute atomic E-state index is 0.228. The summed E-state index contributed by atoms with van der Waals surface area (Å²) in [7, 11) is 5.89. The van der Waals surface area contributed by atoms with Crippen molar-refractivity contribution in [3.63, 3.8) is 0 Å². The maximum atomic E-state index is 11.4. The van der Waals surface area contributed by atoms with E-state index in [0.29, 0.717) is 11.2 Å². The molecule has 1 aromatic rings. The zero-order valence-electron chi connectivity index (χ0n) is 9.33. The van der Waals surface area contributed by atoms with Crippen LogP contribution in [0.4, 0.5) is 0 Å². The van der Waals surface area contributed by atoms with Crippen LogP contribution in [-0.4, -0.2) is 30.0 Å². The van der Waals surface area contributed by atoms with Crippen LogP contribution < -0.4 is 5.32 Å². The number of hydrogen-bond donors (Lipinski definition) is 2. The molecule has 1 atom stereocenters. The highest BCUT2D eigenvalue weighted by atomic mass is 32.1. The quantitative estimate of drug-likeness (QED) is 0.783. The lowest BCUT2D eigenvalue weighted by atomic mass is 9.90. The molecule has 0 saturated carbocycles. The number of hydrogen-bond acceptors (Lipinski definition) is 4. The fourth-order valence-electron chi connectivity index (χ4n) is 2.12. The highest BCUT2D eigenvalue weighted by Crippen LogP contribution is 2.32. The maximum absolute atomic E-state index is 11.4. The highest BCUT2D eigenvalue weighted by molar-refractivity contribution is 7.08. The Morgan fingerprint density at radius 1 is 1.56 bits per heavy atom. The van der Waals surface area contributed by atoms with E-state index in [2.05, 4.69) is 5.32 Å². The molecule has 0 amide bonds. The minimum atomic E-state index is -0.967. The van der Waals surface area contributed by atoms with Gasteiger partial charge in [-0.05, 0) is 17.5 Å². The van der Waals surface area contributed by atoms with Crippen LogP contribution in [-0.2, 0) is 4.79 Å². The van der Waals surface area contributed by atoms with Crippen LogP contribution in [0.1, 0.15) is 5.56 Å². The van der Waals surface area contributed by atoms with Crippen molar-refractivity contribution >= 4 is 30.8 Å². The lowest BCUT2D eigenvalue weighted by Gasteiger charge is -2.27. The topological polar surface area (TPSA) is 52.6 Å². The van der Waals surface area contributed by atoms with E-state index in [1.54, 1.807) is 23.3 Å². The summed E-state index contributed by atoms with van der Waals surface area (Å²) >= 11 is 1.52. The molecule has 2 radical (unpaired) electrons. The van der Waals surface area contributed by atoms with Crippen LogP contribution >= 0.6 is 11.3 Å². The fourth-order valence-corrected chi connectivity index (χ4v) is 2.77. The van der Waals surface area contributed by atoms with E-state index in [-0.39, 0.29) is 11.9 Å². The molecule has 4 nitrogen and oxygen atoms in total. The van der Waals surface area contributed by atoms with Crippen molar-refractivity contribution < 1.29 is 9.90 Å². The number of nitrogens with zero attached hydrogens (tertiary/aromatic N) is 1. The molecule has 0 spiro atoms. The molecule has 0 fully saturated rings. The first-order valence-corrected chi connectivity index (χ1v) is 6.31. The van der Waals surface area contributed by atoms with Crippen LogP contribution in [0.15, 0.2) is 46.3 Å². The average molecular weight is 256 g/mol. The molecule has 0 saturated heterocycles. The van der Waals surface area contributed by atoms with Crippen molar-refractivity contribution in [2.75, 3.05) is 0 Å². The van der Waals surface area contributed by atoms with Crippen molar-refractivity contribution in [3.8, 4) is 0 Å². The van der Waals surface area contributed by atoms with Crippen molar-refractivity contribution in [3.05, 3.63) is 51.9 Å². The first kappa shape index (κ1) is 11.2. The van der Waals surface area contributed by atoms with Gasteiger partial charge in [-0.2, -0.15) is 11.3 Å². The van der Waals surface area contributed by atoms with Gasteiger partial charge in [0.25, 0.3) is 0 Å². The predicted molar refractivity (Wildman–Crippen MR) is 70.6 cm³/mol. The molecule has 0 bridgehead atoms. The minimum Gasteiger partial charge on any atom is -0.477 e. The van der Waals surface area contributed by atoms with Crippen LogP contribution in [0.5, 0.6) is 0 Å². The Morgan fingerprint density at radius 3 is 3.06 bits per heavy atom. The van der Waals surface area contributed by atoms with Gasteiger partial charge in [0.2, 0.25) is 0 Å². The molecule has 6 heteroatoms. The summed E-state index contributed by atoms with van der Waals surface area (Å²) in [4.78, 5) is 13.1. The third-order valence-corrected chi connectivity index (χ3v) is 3.60. The van der Waals surface area contributed by atoms with E-state index in [9.17, 15) is 9.90 Å². The van der Waals surface area contributed by atoms with Crippen molar-refractivity contribution in [1.29, 1.82) is 0 Å². The van der Waals surface area contributed by atoms with Gasteiger partial charge >= 0.3 is 5.97 Å². The molecule has 3 heterocycles. The number of fused-ring (bicyclic) bond motifs is 1. The first-order chi connectivity index (χ1) is 8.68. The number of rotatable bonds is 2. The standard InChI is InChI=1S/C12H9BN2O2S/c13-8-2-1-4-15-10(12(16)17)9(14-11(8)15)7-3-5-18-6-7/h1-6,11,14H,(H,16,17). The molecular weight excluding hydrogens is 247 g/mol. The van der Waals surface area contributed by atoms with Crippen molar-refractivity contribution in [1.82, 2.24) is 10.2 Å². The largest absolute Gasteiger partial charge is 0.477 e. The molecular formula is C12H9BN2O2S. The lowest BCUT2D eigenvalue weighted by Crippen LogP contribution is -2.38. The average Bonchev–Trinajstić information content (AvgIpc) is 2.95. The molecule has 3 rings (SSSR count). The van der Waals surface area contributed by atoms with Crippen LogP contribution in [0.2, 0.25) is 0 Å². The van der Waals surface area contributed by atoms with Gasteiger partial charge in [0.15, 0.2) is 5.70 Å². The van der Waals surface area contributed by atoms with Crippen molar-refractivity contribution in [2.24, 2.45) is 0 Å². The number of carboxylic acid groups (broad SMARTS) is 1. The molecule has 1 aromatic heterocycles. The smallest absolute Gasteiger partial charge is 0.354 e. The van der Waals surface area contributed by atoms with E-state index < -0.39 is 5.97 Å². The Hall–Kier alpha value is -1.95. The Balaban J connectivity index is 2.10. The van der Waals surface area contributed by atoms with Gasteiger partial charge in [-0.15, -0.1) is 0 Å². The van der Waals surface area contributed by atoms with Gasteiger partial charge in [0.1, 0.15) is 14.0 Å².